The van der Waals surface area contributed by atoms with Crippen LogP contribution < -0.4 is 16.0 Å². The average molecular weight is 325 g/mol. The molecule has 1 heterocycles. The van der Waals surface area contributed by atoms with Gasteiger partial charge >= 0.3 is 0 Å². The summed E-state index contributed by atoms with van der Waals surface area (Å²) in [5, 5.41) is 3.44. The zero-order valence-electron chi connectivity index (χ0n) is 13.0. The lowest BCUT2D eigenvalue weighted by Crippen LogP contribution is -3.14. The molecule has 120 valence electrons. The largest absolute Gasteiger partial charge is 0.369 e. The zero-order chi connectivity index (χ0) is 16.3. The SMILES string of the molecule is Cc1cc(C)c(NC(=O)C[NH+]2CCC[C@H](C(N)=O)C2)c(Cl)c1. The van der Waals surface area contributed by atoms with E-state index < -0.39 is 0 Å². The fourth-order valence-corrected chi connectivity index (χ4v) is 3.41. The van der Waals surface area contributed by atoms with E-state index in [4.69, 9.17) is 17.3 Å². The van der Waals surface area contributed by atoms with Crippen molar-refractivity contribution in [1.29, 1.82) is 0 Å². The third-order valence-corrected chi connectivity index (χ3v) is 4.43. The van der Waals surface area contributed by atoms with Crippen LogP contribution in [0.4, 0.5) is 5.69 Å². The van der Waals surface area contributed by atoms with Gasteiger partial charge in [-0.2, -0.15) is 0 Å². The first-order valence-corrected chi connectivity index (χ1v) is 7.94. The molecule has 0 spiro atoms. The van der Waals surface area contributed by atoms with Gasteiger partial charge in [0.15, 0.2) is 6.54 Å². The molecule has 1 fully saturated rings. The minimum Gasteiger partial charge on any atom is -0.369 e. The van der Waals surface area contributed by atoms with E-state index in [1.54, 1.807) is 0 Å². The first-order valence-electron chi connectivity index (χ1n) is 7.56. The highest BCUT2D eigenvalue weighted by atomic mass is 35.5. The standard InChI is InChI=1S/C16H22ClN3O2/c1-10-6-11(2)15(13(17)7-10)19-14(21)9-20-5-3-4-12(8-20)16(18)22/h6-7,12H,3-5,8-9H2,1-2H3,(H2,18,22)(H,19,21)/p+1/t12-/m0/s1. The molecule has 1 aliphatic rings. The zero-order valence-corrected chi connectivity index (χ0v) is 13.8. The van der Waals surface area contributed by atoms with Crippen molar-refractivity contribution < 1.29 is 14.5 Å². The Bertz CT molecular complexity index is 566. The molecule has 1 unspecified atom stereocenters. The summed E-state index contributed by atoms with van der Waals surface area (Å²) in [5.41, 5.74) is 8.04. The number of amides is 2. The minimum atomic E-state index is -0.268. The van der Waals surface area contributed by atoms with Crippen LogP contribution in [0.15, 0.2) is 12.1 Å². The minimum absolute atomic E-state index is 0.0889. The number of hydrogen-bond acceptors (Lipinski definition) is 2. The molecule has 0 bridgehead atoms. The van der Waals surface area contributed by atoms with Crippen LogP contribution in [-0.2, 0) is 9.59 Å². The van der Waals surface area contributed by atoms with Crippen LogP contribution >= 0.6 is 11.6 Å². The topological polar surface area (TPSA) is 76.6 Å². The van der Waals surface area contributed by atoms with E-state index in [1.807, 2.05) is 26.0 Å². The molecule has 2 amide bonds. The Kier molecular flexibility index (Phi) is 5.42. The Balaban J connectivity index is 1.97. The van der Waals surface area contributed by atoms with Crippen LogP contribution in [-0.4, -0.2) is 31.4 Å². The van der Waals surface area contributed by atoms with Crippen LogP contribution in [0, 0.1) is 19.8 Å². The summed E-state index contributed by atoms with van der Waals surface area (Å²) >= 11 is 6.20. The van der Waals surface area contributed by atoms with E-state index in [9.17, 15) is 9.59 Å². The third-order valence-electron chi connectivity index (χ3n) is 4.13. The number of carbonyl (C=O) groups excluding carboxylic acids is 2. The highest BCUT2D eigenvalue weighted by Gasteiger charge is 2.28. The van der Waals surface area contributed by atoms with E-state index >= 15 is 0 Å². The number of benzene rings is 1. The molecule has 1 aromatic carbocycles. The Hall–Kier alpha value is -1.59. The Morgan fingerprint density at radius 1 is 1.41 bits per heavy atom. The van der Waals surface area contributed by atoms with Gasteiger partial charge in [0.1, 0.15) is 0 Å². The molecule has 4 N–H and O–H groups in total. The van der Waals surface area contributed by atoms with E-state index in [1.165, 1.54) is 0 Å². The smallest absolute Gasteiger partial charge is 0.279 e. The number of carbonyl (C=O) groups is 2. The van der Waals surface area contributed by atoms with Gasteiger partial charge in [0.05, 0.1) is 29.7 Å². The maximum atomic E-state index is 12.2. The molecule has 2 rings (SSSR count). The summed E-state index contributed by atoms with van der Waals surface area (Å²) in [5.74, 6) is -0.481. The quantitative estimate of drug-likeness (QED) is 0.761. The molecule has 0 aliphatic carbocycles. The number of piperidine rings is 1. The molecule has 1 aliphatic heterocycles. The number of halogens is 1. The number of hydrogen-bond donors (Lipinski definition) is 3. The molecular formula is C16H23ClN3O2+. The number of rotatable bonds is 4. The van der Waals surface area contributed by atoms with Gasteiger partial charge in [0.25, 0.3) is 5.91 Å². The molecular weight excluding hydrogens is 302 g/mol. The number of nitrogens with one attached hydrogen (secondary N) is 2. The van der Waals surface area contributed by atoms with Crippen LogP contribution in [0.2, 0.25) is 5.02 Å². The van der Waals surface area contributed by atoms with Crippen LogP contribution in [0.3, 0.4) is 0 Å². The van der Waals surface area contributed by atoms with Gasteiger partial charge in [-0.1, -0.05) is 17.7 Å². The first-order chi connectivity index (χ1) is 10.4. The van der Waals surface area contributed by atoms with Gasteiger partial charge < -0.3 is 16.0 Å². The van der Waals surface area contributed by atoms with Crippen molar-refractivity contribution in [1.82, 2.24) is 0 Å². The second-order valence-electron chi connectivity index (χ2n) is 6.11. The van der Waals surface area contributed by atoms with Crippen molar-refractivity contribution in [2.75, 3.05) is 25.0 Å². The molecule has 0 saturated carbocycles. The first kappa shape index (κ1) is 16.8. The predicted molar refractivity (Wildman–Crippen MR) is 87.0 cm³/mol. The van der Waals surface area contributed by atoms with Crippen molar-refractivity contribution in [3.8, 4) is 0 Å². The molecule has 5 nitrogen and oxygen atoms in total. The summed E-state index contributed by atoms with van der Waals surface area (Å²) in [4.78, 5) is 24.6. The lowest BCUT2D eigenvalue weighted by Gasteiger charge is -2.27. The molecule has 0 radical (unpaired) electrons. The van der Waals surface area contributed by atoms with Gasteiger partial charge in [0.2, 0.25) is 5.91 Å². The van der Waals surface area contributed by atoms with Crippen molar-refractivity contribution in [2.45, 2.75) is 26.7 Å². The number of likely N-dealkylation sites (tertiary alicyclic amines) is 1. The highest BCUT2D eigenvalue weighted by molar-refractivity contribution is 6.34. The van der Waals surface area contributed by atoms with Gasteiger partial charge in [-0.15, -0.1) is 0 Å². The number of aryl methyl sites for hydroxylation is 2. The Morgan fingerprint density at radius 3 is 2.77 bits per heavy atom. The number of anilines is 1. The molecule has 22 heavy (non-hydrogen) atoms. The monoisotopic (exact) mass is 324 g/mol. The van der Waals surface area contributed by atoms with Crippen LogP contribution in [0.25, 0.3) is 0 Å². The highest BCUT2D eigenvalue weighted by Crippen LogP contribution is 2.27. The average Bonchev–Trinajstić information content (AvgIpc) is 2.43. The van der Waals surface area contributed by atoms with Gasteiger partial charge in [0, 0.05) is 0 Å². The van der Waals surface area contributed by atoms with Crippen LogP contribution in [0.1, 0.15) is 24.0 Å². The molecule has 6 heteroatoms. The van der Waals surface area contributed by atoms with E-state index in [0.29, 0.717) is 23.8 Å². The maximum Gasteiger partial charge on any atom is 0.279 e. The van der Waals surface area contributed by atoms with Gasteiger partial charge in [-0.25, -0.2) is 0 Å². The van der Waals surface area contributed by atoms with Gasteiger partial charge in [-0.05, 0) is 43.9 Å². The summed E-state index contributed by atoms with van der Waals surface area (Å²) < 4.78 is 0. The van der Waals surface area contributed by atoms with E-state index in [2.05, 4.69) is 5.32 Å². The lowest BCUT2D eigenvalue weighted by atomic mass is 9.97. The summed E-state index contributed by atoms with van der Waals surface area (Å²) in [6.07, 6.45) is 1.74. The normalized spacial score (nSPS) is 21.4. The van der Waals surface area contributed by atoms with E-state index in [0.717, 1.165) is 35.4 Å². The fraction of sp³-hybridized carbons (Fsp3) is 0.500. The second-order valence-corrected chi connectivity index (χ2v) is 6.52. The number of nitrogens with two attached hydrogens (primary N) is 1. The second kappa shape index (κ2) is 7.11. The van der Waals surface area contributed by atoms with Crippen molar-refractivity contribution in [3.63, 3.8) is 0 Å². The number of quaternary nitrogens is 1. The summed E-state index contributed by atoms with van der Waals surface area (Å²) in [6, 6.07) is 3.82. The molecule has 2 atom stereocenters. The Labute approximate surface area is 135 Å². The summed E-state index contributed by atoms with van der Waals surface area (Å²) in [7, 11) is 0. The fourth-order valence-electron chi connectivity index (χ4n) is 3.04. The van der Waals surface area contributed by atoms with Crippen molar-refractivity contribution in [2.24, 2.45) is 11.7 Å². The van der Waals surface area contributed by atoms with Crippen molar-refractivity contribution in [3.05, 3.63) is 28.3 Å². The molecule has 1 saturated heterocycles. The van der Waals surface area contributed by atoms with E-state index in [-0.39, 0.29) is 17.7 Å². The van der Waals surface area contributed by atoms with Crippen LogP contribution in [0.5, 0.6) is 0 Å². The predicted octanol–water partition coefficient (Wildman–Crippen LogP) is 0.676. The third kappa shape index (κ3) is 4.21. The lowest BCUT2D eigenvalue weighted by molar-refractivity contribution is -0.899. The van der Waals surface area contributed by atoms with Gasteiger partial charge in [-0.3, -0.25) is 9.59 Å². The summed E-state index contributed by atoms with van der Waals surface area (Å²) in [6.45, 7) is 5.73. The number of primary amides is 1. The Morgan fingerprint density at radius 2 is 2.14 bits per heavy atom. The molecule has 0 aromatic heterocycles. The maximum absolute atomic E-state index is 12.2. The van der Waals surface area contributed by atoms with Crippen molar-refractivity contribution >= 4 is 29.1 Å². The molecule has 1 aromatic rings.